The van der Waals surface area contributed by atoms with Crippen LogP contribution in [0.4, 0.5) is 5.69 Å². The molecular formula is C21H27N3O4S. The standard InChI is InChI=1S/C21H27N3O4S/c1-4-22-21(25)20-15-19(10-5-16(20)2)29(26,27)24-13-11-23(12-14-24)17-6-8-18(28-3)9-7-17/h5-10,15H,4,11-14H2,1-3H3,(H,22,25). The first-order chi connectivity index (χ1) is 13.9. The monoisotopic (exact) mass is 417 g/mol. The van der Waals surface area contributed by atoms with Crippen LogP contribution in [0.15, 0.2) is 47.4 Å². The van der Waals surface area contributed by atoms with Crippen LogP contribution < -0.4 is 15.0 Å². The minimum absolute atomic E-state index is 0.155. The number of carbonyl (C=O) groups excluding carboxylic acids is 1. The van der Waals surface area contributed by atoms with Gasteiger partial charge >= 0.3 is 0 Å². The molecule has 0 bridgehead atoms. The highest BCUT2D eigenvalue weighted by Gasteiger charge is 2.29. The average Bonchev–Trinajstić information content (AvgIpc) is 2.74. The summed E-state index contributed by atoms with van der Waals surface area (Å²) < 4.78 is 32.9. The second kappa shape index (κ2) is 8.84. The number of benzene rings is 2. The van der Waals surface area contributed by atoms with Gasteiger partial charge in [0.05, 0.1) is 12.0 Å². The lowest BCUT2D eigenvalue weighted by atomic mass is 10.1. The van der Waals surface area contributed by atoms with E-state index in [0.717, 1.165) is 17.0 Å². The molecule has 2 aromatic carbocycles. The molecule has 156 valence electrons. The number of amides is 1. The van der Waals surface area contributed by atoms with E-state index in [1.54, 1.807) is 26.2 Å². The molecule has 3 rings (SSSR count). The summed E-state index contributed by atoms with van der Waals surface area (Å²) in [5.41, 5.74) is 2.18. The van der Waals surface area contributed by atoms with Crippen molar-refractivity contribution in [3.63, 3.8) is 0 Å². The van der Waals surface area contributed by atoms with Crippen LogP contribution in [0.1, 0.15) is 22.8 Å². The fourth-order valence-electron chi connectivity index (χ4n) is 3.39. The number of piperazine rings is 1. The second-order valence-corrected chi connectivity index (χ2v) is 8.86. The van der Waals surface area contributed by atoms with Crippen molar-refractivity contribution >= 4 is 21.6 Å². The number of nitrogens with zero attached hydrogens (tertiary/aromatic N) is 2. The van der Waals surface area contributed by atoms with Gasteiger partial charge in [0, 0.05) is 44.0 Å². The maximum Gasteiger partial charge on any atom is 0.251 e. The molecule has 7 nitrogen and oxygen atoms in total. The highest BCUT2D eigenvalue weighted by molar-refractivity contribution is 7.89. The molecule has 0 atom stereocenters. The number of hydrogen-bond donors (Lipinski definition) is 1. The Kier molecular flexibility index (Phi) is 6.44. The summed E-state index contributed by atoms with van der Waals surface area (Å²) in [6, 6.07) is 12.5. The van der Waals surface area contributed by atoms with Crippen molar-refractivity contribution in [2.24, 2.45) is 0 Å². The summed E-state index contributed by atoms with van der Waals surface area (Å²) in [7, 11) is -2.03. The summed E-state index contributed by atoms with van der Waals surface area (Å²) in [6.07, 6.45) is 0. The first kappa shape index (κ1) is 21.1. The van der Waals surface area contributed by atoms with Crippen LogP contribution in [-0.4, -0.2) is 58.5 Å². The van der Waals surface area contributed by atoms with E-state index in [9.17, 15) is 13.2 Å². The topological polar surface area (TPSA) is 79.0 Å². The number of carbonyl (C=O) groups is 1. The Labute approximate surface area is 172 Å². The van der Waals surface area contributed by atoms with Gasteiger partial charge in [-0.15, -0.1) is 0 Å². The molecule has 29 heavy (non-hydrogen) atoms. The fourth-order valence-corrected chi connectivity index (χ4v) is 4.84. The number of sulfonamides is 1. The minimum atomic E-state index is -3.66. The van der Waals surface area contributed by atoms with Crippen LogP contribution in [0.3, 0.4) is 0 Å². The lowest BCUT2D eigenvalue weighted by Gasteiger charge is -2.35. The zero-order valence-electron chi connectivity index (χ0n) is 17.0. The molecule has 1 fully saturated rings. The third-order valence-electron chi connectivity index (χ3n) is 5.10. The molecule has 8 heteroatoms. The van der Waals surface area contributed by atoms with E-state index >= 15 is 0 Å². The maximum atomic E-state index is 13.1. The molecule has 0 saturated carbocycles. The zero-order chi connectivity index (χ0) is 21.0. The molecule has 1 aliphatic heterocycles. The predicted octanol–water partition coefficient (Wildman–Crippen LogP) is 2.26. The minimum Gasteiger partial charge on any atom is -0.497 e. The molecule has 0 aromatic heterocycles. The molecule has 1 amide bonds. The number of ether oxygens (including phenoxy) is 1. The first-order valence-electron chi connectivity index (χ1n) is 9.65. The number of methoxy groups -OCH3 is 1. The van der Waals surface area contributed by atoms with Gasteiger partial charge in [-0.2, -0.15) is 4.31 Å². The van der Waals surface area contributed by atoms with E-state index in [0.29, 0.717) is 38.3 Å². The first-order valence-corrected chi connectivity index (χ1v) is 11.1. The van der Waals surface area contributed by atoms with Crippen LogP contribution in [0, 0.1) is 6.92 Å². The van der Waals surface area contributed by atoms with Gasteiger partial charge in [0.1, 0.15) is 5.75 Å². The molecule has 0 unspecified atom stereocenters. The molecule has 1 aliphatic rings. The third-order valence-corrected chi connectivity index (χ3v) is 7.00. The number of nitrogens with one attached hydrogen (secondary N) is 1. The summed E-state index contributed by atoms with van der Waals surface area (Å²) in [5, 5.41) is 2.73. The van der Waals surface area contributed by atoms with Gasteiger partial charge in [-0.3, -0.25) is 4.79 Å². The van der Waals surface area contributed by atoms with Crippen LogP contribution in [0.25, 0.3) is 0 Å². The molecule has 0 aliphatic carbocycles. The average molecular weight is 418 g/mol. The van der Waals surface area contributed by atoms with Gasteiger partial charge in [-0.05, 0) is 55.8 Å². The summed E-state index contributed by atoms with van der Waals surface area (Å²) >= 11 is 0. The number of rotatable bonds is 6. The Bertz CT molecular complexity index is 966. The number of hydrogen-bond acceptors (Lipinski definition) is 5. The quantitative estimate of drug-likeness (QED) is 0.780. The van der Waals surface area contributed by atoms with Gasteiger partial charge < -0.3 is 15.0 Å². The molecule has 0 radical (unpaired) electrons. The normalized spacial score (nSPS) is 15.2. The summed E-state index contributed by atoms with van der Waals surface area (Å²) in [6.45, 7) is 6.09. The smallest absolute Gasteiger partial charge is 0.251 e. The van der Waals surface area contributed by atoms with Crippen LogP contribution >= 0.6 is 0 Å². The lowest BCUT2D eigenvalue weighted by molar-refractivity contribution is 0.0955. The zero-order valence-corrected chi connectivity index (χ0v) is 17.8. The summed E-state index contributed by atoms with van der Waals surface area (Å²) in [5.74, 6) is 0.531. The summed E-state index contributed by atoms with van der Waals surface area (Å²) in [4.78, 5) is 14.5. The van der Waals surface area contributed by atoms with Gasteiger partial charge in [0.25, 0.3) is 5.91 Å². The van der Waals surface area contributed by atoms with Crippen molar-refractivity contribution in [2.75, 3.05) is 44.7 Å². The Morgan fingerprint density at radius 1 is 1.07 bits per heavy atom. The number of aryl methyl sites for hydroxylation is 1. The van der Waals surface area contributed by atoms with E-state index in [4.69, 9.17) is 4.74 Å². The molecule has 1 heterocycles. The van der Waals surface area contributed by atoms with E-state index < -0.39 is 10.0 Å². The van der Waals surface area contributed by atoms with Gasteiger partial charge in [0.2, 0.25) is 10.0 Å². The highest BCUT2D eigenvalue weighted by atomic mass is 32.2. The van der Waals surface area contributed by atoms with E-state index in [-0.39, 0.29) is 10.8 Å². The Morgan fingerprint density at radius 2 is 1.72 bits per heavy atom. The van der Waals surface area contributed by atoms with Crippen molar-refractivity contribution in [3.8, 4) is 5.75 Å². The largest absolute Gasteiger partial charge is 0.497 e. The molecule has 0 spiro atoms. The molecule has 1 N–H and O–H groups in total. The van der Waals surface area contributed by atoms with E-state index in [1.165, 1.54) is 10.4 Å². The van der Waals surface area contributed by atoms with Crippen molar-refractivity contribution in [1.29, 1.82) is 0 Å². The van der Waals surface area contributed by atoms with Crippen molar-refractivity contribution < 1.29 is 17.9 Å². The van der Waals surface area contributed by atoms with E-state index in [2.05, 4.69) is 10.2 Å². The Hall–Kier alpha value is -2.58. The van der Waals surface area contributed by atoms with Crippen molar-refractivity contribution in [2.45, 2.75) is 18.7 Å². The maximum absolute atomic E-state index is 13.1. The number of anilines is 1. The molecule has 1 saturated heterocycles. The highest BCUT2D eigenvalue weighted by Crippen LogP contribution is 2.24. The van der Waals surface area contributed by atoms with Gasteiger partial charge in [0.15, 0.2) is 0 Å². The van der Waals surface area contributed by atoms with Gasteiger partial charge in [-0.1, -0.05) is 6.07 Å². The Morgan fingerprint density at radius 3 is 2.31 bits per heavy atom. The van der Waals surface area contributed by atoms with Crippen LogP contribution in [0.2, 0.25) is 0 Å². The third kappa shape index (κ3) is 4.54. The second-order valence-electron chi connectivity index (χ2n) is 6.93. The van der Waals surface area contributed by atoms with Crippen molar-refractivity contribution in [3.05, 3.63) is 53.6 Å². The Balaban J connectivity index is 1.74. The van der Waals surface area contributed by atoms with Crippen molar-refractivity contribution in [1.82, 2.24) is 9.62 Å². The van der Waals surface area contributed by atoms with E-state index in [1.807, 2.05) is 31.2 Å². The van der Waals surface area contributed by atoms with Crippen LogP contribution in [-0.2, 0) is 10.0 Å². The molecular weight excluding hydrogens is 390 g/mol. The molecule has 2 aromatic rings. The lowest BCUT2D eigenvalue weighted by Crippen LogP contribution is -2.48. The predicted molar refractivity (Wildman–Crippen MR) is 113 cm³/mol. The SMILES string of the molecule is CCNC(=O)c1cc(S(=O)(=O)N2CCN(c3ccc(OC)cc3)CC2)ccc1C. The fraction of sp³-hybridized carbons (Fsp3) is 0.381. The van der Waals surface area contributed by atoms with Gasteiger partial charge in [-0.25, -0.2) is 8.42 Å². The van der Waals surface area contributed by atoms with Crippen LogP contribution in [0.5, 0.6) is 5.75 Å².